The highest BCUT2D eigenvalue weighted by Crippen LogP contribution is 2.47. The lowest BCUT2D eigenvalue weighted by atomic mass is 10.1. The maximum absolute atomic E-state index is 12.2. The Bertz CT molecular complexity index is 735. The molecule has 4 N–H and O–H groups in total. The third-order valence-electron chi connectivity index (χ3n) is 4.74. The smallest absolute Gasteiger partial charge is 0.351 e. The van der Waals surface area contributed by atoms with Gasteiger partial charge in [0.15, 0.2) is 12.0 Å². The fraction of sp³-hybridized carbons (Fsp3) is 0.688. The normalized spacial score (nSPS) is 28.7. The number of nitrogens with zero attached hydrogens (tertiary/aromatic N) is 2. The summed E-state index contributed by atoms with van der Waals surface area (Å²) in [5.41, 5.74) is 0.909. The average Bonchev–Trinajstić information content (AvgIpc) is 3.41. The number of carbonyl (C=O) groups is 1. The predicted molar refractivity (Wildman–Crippen MR) is 89.4 cm³/mol. The van der Waals surface area contributed by atoms with E-state index in [0.717, 1.165) is 4.57 Å². The molecule has 1 aromatic rings. The Morgan fingerprint density at radius 2 is 2.19 bits per heavy atom. The topological polar surface area (TPSA) is 152 Å². The molecule has 2 aliphatic rings. The summed E-state index contributed by atoms with van der Waals surface area (Å²) in [5.74, 6) is -0.478. The number of carbonyl (C=O) groups excluding carboxylic acids is 1. The van der Waals surface area contributed by atoms with Gasteiger partial charge in [-0.15, -0.1) is 0 Å². The third-order valence-corrected chi connectivity index (χ3v) is 4.74. The van der Waals surface area contributed by atoms with Crippen molar-refractivity contribution in [2.24, 2.45) is 5.41 Å². The van der Waals surface area contributed by atoms with Crippen molar-refractivity contribution in [1.82, 2.24) is 9.55 Å². The minimum absolute atomic E-state index is 0.00329. The minimum Gasteiger partial charge on any atom is -0.394 e. The van der Waals surface area contributed by atoms with Crippen LogP contribution in [-0.4, -0.2) is 69.0 Å². The van der Waals surface area contributed by atoms with E-state index in [1.54, 1.807) is 0 Å². The van der Waals surface area contributed by atoms with Gasteiger partial charge in [0.2, 0.25) is 0 Å². The monoisotopic (exact) mass is 385 g/mol. The first kappa shape index (κ1) is 19.7. The molecule has 0 aromatic carbocycles. The van der Waals surface area contributed by atoms with Crippen LogP contribution in [0.4, 0.5) is 5.82 Å². The molecule has 0 spiro atoms. The van der Waals surface area contributed by atoms with Crippen molar-refractivity contribution in [1.29, 1.82) is 0 Å². The molecule has 0 bridgehead atoms. The molecule has 11 heteroatoms. The Morgan fingerprint density at radius 3 is 2.74 bits per heavy atom. The number of rotatable bonds is 8. The standard InChI is InChI=1S/C16H23N3O8/c1-2-25-8-16(4-5-16)14(23)27-18-10-3-6-19(15(24)17-10)13-12(22)11(21)9(7-20)26-13/h3,6,9,11-13,20-22H,2,4-5,7-8H2,1H3,(H,17,18,24)/t9-,11-,12-,13-/m1/s1. The van der Waals surface area contributed by atoms with Crippen LogP contribution < -0.4 is 11.2 Å². The van der Waals surface area contributed by atoms with Crippen molar-refractivity contribution in [3.63, 3.8) is 0 Å². The van der Waals surface area contributed by atoms with Gasteiger partial charge in [0.05, 0.1) is 18.6 Å². The van der Waals surface area contributed by atoms with Gasteiger partial charge in [-0.05, 0) is 19.8 Å². The van der Waals surface area contributed by atoms with Gasteiger partial charge in [-0.1, -0.05) is 0 Å². The maximum Gasteiger partial charge on any atom is 0.351 e. The van der Waals surface area contributed by atoms with Crippen LogP contribution in [0.5, 0.6) is 0 Å². The van der Waals surface area contributed by atoms with E-state index in [9.17, 15) is 19.8 Å². The van der Waals surface area contributed by atoms with E-state index in [4.69, 9.17) is 19.4 Å². The summed E-state index contributed by atoms with van der Waals surface area (Å²) in [6.45, 7) is 2.12. The number of hydrogen-bond acceptors (Lipinski definition) is 10. The van der Waals surface area contributed by atoms with Gasteiger partial charge < -0.3 is 29.6 Å². The SMILES string of the molecule is CCOCC1(C(=O)ONc2ccn([C@@H]3O[C@H](CO)[C@@H](O)[C@H]3O)c(=O)n2)CC1. The van der Waals surface area contributed by atoms with Crippen LogP contribution >= 0.6 is 0 Å². The quantitative estimate of drug-likeness (QED) is 0.391. The van der Waals surface area contributed by atoms with Crippen molar-refractivity contribution in [2.75, 3.05) is 25.3 Å². The molecule has 1 aliphatic carbocycles. The first-order valence-electron chi connectivity index (χ1n) is 8.68. The van der Waals surface area contributed by atoms with E-state index < -0.39 is 48.2 Å². The second kappa shape index (κ2) is 7.90. The predicted octanol–water partition coefficient (Wildman–Crippen LogP) is -1.46. The molecule has 3 rings (SSSR count). The molecule has 0 amide bonds. The molecule has 2 heterocycles. The molecule has 11 nitrogen and oxygen atoms in total. The van der Waals surface area contributed by atoms with Gasteiger partial charge in [-0.2, -0.15) is 4.98 Å². The summed E-state index contributed by atoms with van der Waals surface area (Å²) in [7, 11) is 0. The number of aromatic nitrogens is 2. The van der Waals surface area contributed by atoms with Crippen molar-refractivity contribution >= 4 is 11.8 Å². The van der Waals surface area contributed by atoms with Crippen molar-refractivity contribution < 1.29 is 34.4 Å². The van der Waals surface area contributed by atoms with Crippen LogP contribution in [0.25, 0.3) is 0 Å². The van der Waals surface area contributed by atoms with E-state index in [1.165, 1.54) is 12.3 Å². The lowest BCUT2D eigenvalue weighted by Crippen LogP contribution is -2.36. The van der Waals surface area contributed by atoms with Crippen LogP contribution in [0.2, 0.25) is 0 Å². The van der Waals surface area contributed by atoms with E-state index in [2.05, 4.69) is 10.5 Å². The highest BCUT2D eigenvalue weighted by Gasteiger charge is 2.52. The van der Waals surface area contributed by atoms with Crippen molar-refractivity contribution in [3.05, 3.63) is 22.7 Å². The number of hydrogen-bond donors (Lipinski definition) is 4. The van der Waals surface area contributed by atoms with Gasteiger partial charge in [-0.3, -0.25) is 4.57 Å². The molecule has 4 atom stereocenters. The van der Waals surface area contributed by atoms with E-state index in [1.807, 2.05) is 6.92 Å². The molecular weight excluding hydrogens is 362 g/mol. The van der Waals surface area contributed by atoms with Crippen LogP contribution in [0, 0.1) is 5.41 Å². The first-order chi connectivity index (χ1) is 12.9. The highest BCUT2D eigenvalue weighted by molar-refractivity contribution is 5.80. The molecule has 27 heavy (non-hydrogen) atoms. The fourth-order valence-corrected chi connectivity index (χ4v) is 2.84. The molecule has 2 fully saturated rings. The molecular formula is C16H23N3O8. The van der Waals surface area contributed by atoms with E-state index in [-0.39, 0.29) is 12.4 Å². The third kappa shape index (κ3) is 3.96. The summed E-state index contributed by atoms with van der Waals surface area (Å²) >= 11 is 0. The summed E-state index contributed by atoms with van der Waals surface area (Å²) < 4.78 is 11.6. The Labute approximate surface area is 154 Å². The zero-order chi connectivity index (χ0) is 19.6. The minimum atomic E-state index is -1.40. The largest absolute Gasteiger partial charge is 0.394 e. The molecule has 0 radical (unpaired) electrons. The van der Waals surface area contributed by atoms with E-state index >= 15 is 0 Å². The Balaban J connectivity index is 1.62. The number of nitrogens with one attached hydrogen (secondary N) is 1. The molecule has 1 saturated carbocycles. The summed E-state index contributed by atoms with van der Waals surface area (Å²) in [4.78, 5) is 33.1. The number of ether oxygens (including phenoxy) is 2. The lowest BCUT2D eigenvalue weighted by molar-refractivity contribution is -0.149. The summed E-state index contributed by atoms with van der Waals surface area (Å²) in [5, 5.41) is 28.9. The maximum atomic E-state index is 12.2. The van der Waals surface area contributed by atoms with Gasteiger partial charge in [0.25, 0.3) is 0 Å². The van der Waals surface area contributed by atoms with Crippen LogP contribution in [-0.2, 0) is 19.1 Å². The highest BCUT2D eigenvalue weighted by atomic mass is 16.7. The van der Waals surface area contributed by atoms with Crippen LogP contribution in [0.1, 0.15) is 26.0 Å². The van der Waals surface area contributed by atoms with Crippen LogP contribution in [0.3, 0.4) is 0 Å². The first-order valence-corrected chi connectivity index (χ1v) is 8.68. The average molecular weight is 385 g/mol. The molecule has 150 valence electrons. The summed E-state index contributed by atoms with van der Waals surface area (Å²) in [6, 6.07) is 1.35. The fourth-order valence-electron chi connectivity index (χ4n) is 2.84. The number of aliphatic hydroxyl groups excluding tert-OH is 3. The zero-order valence-corrected chi connectivity index (χ0v) is 14.8. The second-order valence-corrected chi connectivity index (χ2v) is 6.64. The Hall–Kier alpha value is -2.05. The summed E-state index contributed by atoms with van der Waals surface area (Å²) in [6.07, 6.45) is -2.29. The Kier molecular flexibility index (Phi) is 5.77. The van der Waals surface area contributed by atoms with Crippen LogP contribution in [0.15, 0.2) is 17.1 Å². The lowest BCUT2D eigenvalue weighted by Gasteiger charge is -2.17. The number of aliphatic hydroxyl groups is 3. The van der Waals surface area contributed by atoms with Crippen molar-refractivity contribution in [3.8, 4) is 0 Å². The van der Waals surface area contributed by atoms with Gasteiger partial charge in [0.1, 0.15) is 18.3 Å². The molecule has 1 aromatic heterocycles. The molecule has 1 saturated heterocycles. The van der Waals surface area contributed by atoms with Gasteiger partial charge in [-0.25, -0.2) is 15.1 Å². The Morgan fingerprint density at radius 1 is 1.44 bits per heavy atom. The van der Waals surface area contributed by atoms with Gasteiger partial charge in [0, 0.05) is 18.9 Å². The molecule has 1 aliphatic heterocycles. The zero-order valence-electron chi connectivity index (χ0n) is 14.8. The second-order valence-electron chi connectivity index (χ2n) is 6.64. The molecule has 0 unspecified atom stereocenters. The van der Waals surface area contributed by atoms with E-state index in [0.29, 0.717) is 19.4 Å². The number of anilines is 1. The van der Waals surface area contributed by atoms with Crippen molar-refractivity contribution in [2.45, 2.75) is 44.3 Å². The van der Waals surface area contributed by atoms with Gasteiger partial charge >= 0.3 is 11.7 Å².